The lowest BCUT2D eigenvalue weighted by Gasteiger charge is -2.08. The summed E-state index contributed by atoms with van der Waals surface area (Å²) in [6.45, 7) is 2.03. The standard InChI is InChI=1S/C18H17N3O/c1-14-6-5-9-16(12-14)21-18(17(13-22)19-20-21)11-10-15-7-3-2-4-8-15/h2-9,12-13H,10-11H2,1H3. The Morgan fingerprint density at radius 1 is 1.05 bits per heavy atom. The third-order valence-electron chi connectivity index (χ3n) is 3.64. The number of aryl methyl sites for hydroxylation is 2. The van der Waals surface area contributed by atoms with Crippen molar-refractivity contribution in [3.63, 3.8) is 0 Å². The van der Waals surface area contributed by atoms with E-state index >= 15 is 0 Å². The summed E-state index contributed by atoms with van der Waals surface area (Å²) in [5.74, 6) is 0. The number of carbonyl (C=O) groups is 1. The fraction of sp³-hybridized carbons (Fsp3) is 0.167. The van der Waals surface area contributed by atoms with Crippen molar-refractivity contribution < 1.29 is 4.79 Å². The average Bonchev–Trinajstić information content (AvgIpc) is 2.97. The van der Waals surface area contributed by atoms with Crippen molar-refractivity contribution in [1.82, 2.24) is 15.0 Å². The molecule has 0 radical (unpaired) electrons. The summed E-state index contributed by atoms with van der Waals surface area (Å²) < 4.78 is 1.76. The highest BCUT2D eigenvalue weighted by Crippen LogP contribution is 2.16. The molecule has 0 aliphatic carbocycles. The molecule has 110 valence electrons. The van der Waals surface area contributed by atoms with Crippen LogP contribution in [0.25, 0.3) is 5.69 Å². The van der Waals surface area contributed by atoms with Crippen molar-refractivity contribution in [2.45, 2.75) is 19.8 Å². The molecule has 0 atom stereocenters. The highest BCUT2D eigenvalue weighted by molar-refractivity contribution is 5.73. The number of hydrogen-bond donors (Lipinski definition) is 0. The Kier molecular flexibility index (Phi) is 4.10. The van der Waals surface area contributed by atoms with Gasteiger partial charge < -0.3 is 0 Å². The largest absolute Gasteiger partial charge is 0.296 e. The van der Waals surface area contributed by atoms with Crippen molar-refractivity contribution in [1.29, 1.82) is 0 Å². The Labute approximate surface area is 129 Å². The molecule has 1 heterocycles. The van der Waals surface area contributed by atoms with Crippen molar-refractivity contribution in [2.24, 2.45) is 0 Å². The Morgan fingerprint density at radius 2 is 1.86 bits per heavy atom. The number of aldehydes is 1. The van der Waals surface area contributed by atoms with Crippen LogP contribution in [0.15, 0.2) is 54.6 Å². The summed E-state index contributed by atoms with van der Waals surface area (Å²) in [5.41, 5.74) is 4.58. The van der Waals surface area contributed by atoms with Gasteiger partial charge in [0.05, 0.1) is 11.4 Å². The number of rotatable bonds is 5. The lowest BCUT2D eigenvalue weighted by atomic mass is 10.1. The minimum atomic E-state index is 0.414. The quantitative estimate of drug-likeness (QED) is 0.678. The van der Waals surface area contributed by atoms with Gasteiger partial charge >= 0.3 is 0 Å². The average molecular weight is 291 g/mol. The first-order chi connectivity index (χ1) is 10.8. The van der Waals surface area contributed by atoms with E-state index in [4.69, 9.17) is 0 Å². The fourth-order valence-corrected chi connectivity index (χ4v) is 2.51. The van der Waals surface area contributed by atoms with Gasteiger partial charge in [-0.05, 0) is 43.0 Å². The number of hydrogen-bond acceptors (Lipinski definition) is 3. The zero-order valence-corrected chi connectivity index (χ0v) is 12.4. The van der Waals surface area contributed by atoms with E-state index in [1.807, 2.05) is 49.4 Å². The summed E-state index contributed by atoms with van der Waals surface area (Å²) in [5, 5.41) is 8.14. The summed E-state index contributed by atoms with van der Waals surface area (Å²) in [4.78, 5) is 11.2. The van der Waals surface area contributed by atoms with Crippen LogP contribution in [0.2, 0.25) is 0 Å². The van der Waals surface area contributed by atoms with E-state index in [-0.39, 0.29) is 0 Å². The molecule has 4 nitrogen and oxygen atoms in total. The molecule has 0 unspecified atom stereocenters. The van der Waals surface area contributed by atoms with Gasteiger partial charge in [0.15, 0.2) is 6.29 Å². The van der Waals surface area contributed by atoms with E-state index < -0.39 is 0 Å². The van der Waals surface area contributed by atoms with Crippen LogP contribution in [-0.4, -0.2) is 21.3 Å². The van der Waals surface area contributed by atoms with Crippen LogP contribution < -0.4 is 0 Å². The van der Waals surface area contributed by atoms with Gasteiger partial charge in [0.1, 0.15) is 5.69 Å². The lowest BCUT2D eigenvalue weighted by Crippen LogP contribution is -2.05. The van der Waals surface area contributed by atoms with E-state index in [2.05, 4.69) is 22.4 Å². The minimum absolute atomic E-state index is 0.414. The van der Waals surface area contributed by atoms with E-state index in [0.29, 0.717) is 5.69 Å². The normalized spacial score (nSPS) is 10.6. The topological polar surface area (TPSA) is 47.8 Å². The Hall–Kier alpha value is -2.75. The van der Waals surface area contributed by atoms with Crippen molar-refractivity contribution in [2.75, 3.05) is 0 Å². The van der Waals surface area contributed by atoms with Gasteiger partial charge in [0, 0.05) is 0 Å². The third-order valence-corrected chi connectivity index (χ3v) is 3.64. The molecule has 3 aromatic rings. The third kappa shape index (κ3) is 2.96. The molecule has 4 heteroatoms. The first-order valence-corrected chi connectivity index (χ1v) is 7.28. The molecule has 0 spiro atoms. The zero-order chi connectivity index (χ0) is 15.4. The molecule has 2 aromatic carbocycles. The van der Waals surface area contributed by atoms with Crippen LogP contribution in [-0.2, 0) is 12.8 Å². The van der Waals surface area contributed by atoms with Gasteiger partial charge in [-0.1, -0.05) is 47.7 Å². The second-order valence-corrected chi connectivity index (χ2v) is 5.28. The summed E-state index contributed by atoms with van der Waals surface area (Å²) in [6.07, 6.45) is 2.35. The molecule has 0 bridgehead atoms. The number of aromatic nitrogens is 3. The van der Waals surface area contributed by atoms with Gasteiger partial charge in [-0.3, -0.25) is 4.79 Å². The first-order valence-electron chi connectivity index (χ1n) is 7.28. The van der Waals surface area contributed by atoms with Gasteiger partial charge in [0.2, 0.25) is 0 Å². The maximum atomic E-state index is 11.2. The Morgan fingerprint density at radius 3 is 2.59 bits per heavy atom. The highest BCUT2D eigenvalue weighted by Gasteiger charge is 2.13. The fourth-order valence-electron chi connectivity index (χ4n) is 2.51. The summed E-state index contributed by atoms with van der Waals surface area (Å²) in [6, 6.07) is 18.2. The van der Waals surface area contributed by atoms with Gasteiger partial charge in [-0.25, -0.2) is 4.68 Å². The zero-order valence-electron chi connectivity index (χ0n) is 12.4. The lowest BCUT2D eigenvalue weighted by molar-refractivity contribution is 0.111. The van der Waals surface area contributed by atoms with Gasteiger partial charge in [-0.2, -0.15) is 0 Å². The van der Waals surface area contributed by atoms with Crippen molar-refractivity contribution >= 4 is 6.29 Å². The Balaban J connectivity index is 1.92. The molecule has 0 aliphatic heterocycles. The number of benzene rings is 2. The Bertz CT molecular complexity index is 778. The molecular weight excluding hydrogens is 274 g/mol. The van der Waals surface area contributed by atoms with Crippen molar-refractivity contribution in [3.8, 4) is 5.69 Å². The smallest absolute Gasteiger partial charge is 0.172 e. The maximum absolute atomic E-state index is 11.2. The number of carbonyl (C=O) groups excluding carboxylic acids is 1. The molecule has 0 amide bonds. The van der Waals surface area contributed by atoms with E-state index in [1.54, 1.807) is 4.68 Å². The molecule has 0 fully saturated rings. The molecule has 3 rings (SSSR count). The van der Waals surface area contributed by atoms with Crippen LogP contribution >= 0.6 is 0 Å². The van der Waals surface area contributed by atoms with E-state index in [9.17, 15) is 4.79 Å². The SMILES string of the molecule is Cc1cccc(-n2nnc(C=O)c2CCc2ccccc2)c1. The first kappa shape index (κ1) is 14.2. The van der Waals surface area contributed by atoms with Gasteiger partial charge in [0.25, 0.3) is 0 Å². The highest BCUT2D eigenvalue weighted by atomic mass is 16.1. The molecule has 22 heavy (non-hydrogen) atoms. The van der Waals surface area contributed by atoms with Gasteiger partial charge in [-0.15, -0.1) is 5.10 Å². The van der Waals surface area contributed by atoms with E-state index in [1.165, 1.54) is 5.56 Å². The molecule has 0 saturated carbocycles. The molecule has 0 aliphatic rings. The van der Waals surface area contributed by atoms with Crippen LogP contribution in [0.4, 0.5) is 0 Å². The second-order valence-electron chi connectivity index (χ2n) is 5.28. The van der Waals surface area contributed by atoms with Crippen LogP contribution in [0.3, 0.4) is 0 Å². The minimum Gasteiger partial charge on any atom is -0.296 e. The summed E-state index contributed by atoms with van der Waals surface area (Å²) in [7, 11) is 0. The molecular formula is C18H17N3O. The van der Waals surface area contributed by atoms with E-state index in [0.717, 1.165) is 36.1 Å². The summed E-state index contributed by atoms with van der Waals surface area (Å²) >= 11 is 0. The second kappa shape index (κ2) is 6.35. The predicted octanol–water partition coefficient (Wildman–Crippen LogP) is 3.17. The van der Waals surface area contributed by atoms with Crippen LogP contribution in [0.1, 0.15) is 27.3 Å². The monoisotopic (exact) mass is 291 g/mol. The van der Waals surface area contributed by atoms with Crippen LogP contribution in [0, 0.1) is 6.92 Å². The van der Waals surface area contributed by atoms with Crippen LogP contribution in [0.5, 0.6) is 0 Å². The number of nitrogens with zero attached hydrogens (tertiary/aromatic N) is 3. The molecule has 0 saturated heterocycles. The van der Waals surface area contributed by atoms with Crippen molar-refractivity contribution in [3.05, 3.63) is 77.1 Å². The maximum Gasteiger partial charge on any atom is 0.172 e. The molecule has 0 N–H and O–H groups in total. The predicted molar refractivity (Wildman–Crippen MR) is 85.3 cm³/mol. The molecule has 1 aromatic heterocycles.